The molecule has 1 saturated heterocycles. The fourth-order valence-electron chi connectivity index (χ4n) is 3.15. The van der Waals surface area contributed by atoms with E-state index >= 15 is 0 Å². The fourth-order valence-corrected chi connectivity index (χ4v) is 3.15. The van der Waals surface area contributed by atoms with Gasteiger partial charge in [0.05, 0.1) is 33.3 Å². The van der Waals surface area contributed by atoms with Crippen molar-refractivity contribution in [2.24, 2.45) is 0 Å². The average molecular weight is 311 g/mol. The zero-order valence-electron chi connectivity index (χ0n) is 13.7. The average Bonchev–Trinajstić information content (AvgIpc) is 2.61. The molecule has 2 aromatic rings. The van der Waals surface area contributed by atoms with Crippen LogP contribution in [0.3, 0.4) is 0 Å². The van der Waals surface area contributed by atoms with Crippen molar-refractivity contribution in [3.8, 4) is 5.75 Å². The maximum atomic E-state index is 12.6. The highest BCUT2D eigenvalue weighted by Gasteiger charge is 2.27. The second-order valence-corrected chi connectivity index (χ2v) is 5.97. The number of rotatable bonds is 3. The number of piperazine rings is 1. The van der Waals surface area contributed by atoms with Crippen LogP contribution in [-0.2, 0) is 0 Å². The first-order valence-electron chi connectivity index (χ1n) is 8.03. The summed E-state index contributed by atoms with van der Waals surface area (Å²) in [6.07, 6.45) is 0. The van der Waals surface area contributed by atoms with E-state index < -0.39 is 0 Å². The van der Waals surface area contributed by atoms with E-state index in [4.69, 9.17) is 4.74 Å². The van der Waals surface area contributed by atoms with Crippen LogP contribution in [0.4, 0.5) is 5.69 Å². The largest absolute Gasteiger partial charge is 0.491 e. The van der Waals surface area contributed by atoms with E-state index in [1.807, 2.05) is 54.3 Å². The number of nitrogens with zero attached hydrogens (tertiary/aromatic N) is 1. The van der Waals surface area contributed by atoms with E-state index in [2.05, 4.69) is 6.07 Å². The van der Waals surface area contributed by atoms with Crippen molar-refractivity contribution >= 4 is 11.6 Å². The molecule has 0 atom stereocenters. The van der Waals surface area contributed by atoms with Gasteiger partial charge in [-0.25, -0.2) is 0 Å². The summed E-state index contributed by atoms with van der Waals surface area (Å²) in [5, 5.41) is 0. The summed E-state index contributed by atoms with van der Waals surface area (Å²) >= 11 is 0. The number of nitrogens with one attached hydrogen (secondary N) is 1. The molecule has 120 valence electrons. The van der Waals surface area contributed by atoms with E-state index in [9.17, 15) is 4.79 Å². The molecule has 0 aliphatic carbocycles. The van der Waals surface area contributed by atoms with Crippen LogP contribution < -0.4 is 9.64 Å². The van der Waals surface area contributed by atoms with Crippen LogP contribution in [-0.4, -0.2) is 44.1 Å². The van der Waals surface area contributed by atoms with Crippen LogP contribution in [0.15, 0.2) is 48.5 Å². The van der Waals surface area contributed by atoms with Gasteiger partial charge < -0.3 is 9.64 Å². The zero-order chi connectivity index (χ0) is 16.2. The summed E-state index contributed by atoms with van der Waals surface area (Å²) < 4.78 is 5.45. The number of carbonyl (C=O) groups excluding carboxylic acids is 1. The smallest absolute Gasteiger partial charge is 0.254 e. The summed E-state index contributed by atoms with van der Waals surface area (Å²) in [6, 6.07) is 15.9. The Morgan fingerprint density at radius 2 is 1.83 bits per heavy atom. The SMILES string of the molecule is COc1ccccc1[NH+]1CCN(C(=O)c2cccc(C)c2)CC1. The third-order valence-corrected chi connectivity index (χ3v) is 4.41. The van der Waals surface area contributed by atoms with Crippen molar-refractivity contribution < 1.29 is 14.4 Å². The summed E-state index contributed by atoms with van der Waals surface area (Å²) in [6.45, 7) is 5.34. The second-order valence-electron chi connectivity index (χ2n) is 5.97. The minimum Gasteiger partial charge on any atom is -0.491 e. The van der Waals surface area contributed by atoms with Gasteiger partial charge in [0, 0.05) is 11.6 Å². The number of methoxy groups -OCH3 is 1. The van der Waals surface area contributed by atoms with Crippen molar-refractivity contribution in [1.82, 2.24) is 4.90 Å². The van der Waals surface area contributed by atoms with Crippen LogP contribution in [0.5, 0.6) is 5.75 Å². The van der Waals surface area contributed by atoms with E-state index in [-0.39, 0.29) is 5.91 Å². The number of benzene rings is 2. The molecule has 0 spiro atoms. The van der Waals surface area contributed by atoms with Crippen molar-refractivity contribution in [1.29, 1.82) is 0 Å². The highest BCUT2D eigenvalue weighted by atomic mass is 16.5. The number of quaternary nitrogens is 1. The zero-order valence-corrected chi connectivity index (χ0v) is 13.7. The topological polar surface area (TPSA) is 34.0 Å². The lowest BCUT2D eigenvalue weighted by molar-refractivity contribution is -0.837. The predicted octanol–water partition coefficient (Wildman–Crippen LogP) is 1.68. The van der Waals surface area contributed by atoms with E-state index in [1.165, 1.54) is 10.6 Å². The summed E-state index contributed by atoms with van der Waals surface area (Å²) in [5.74, 6) is 1.05. The minimum absolute atomic E-state index is 0.132. The van der Waals surface area contributed by atoms with Crippen LogP contribution >= 0.6 is 0 Å². The number of ether oxygens (including phenoxy) is 1. The molecule has 4 nitrogen and oxygen atoms in total. The van der Waals surface area contributed by atoms with Gasteiger partial charge in [-0.15, -0.1) is 0 Å². The number of aryl methyl sites for hydroxylation is 1. The van der Waals surface area contributed by atoms with Crippen molar-refractivity contribution in [2.75, 3.05) is 33.3 Å². The molecule has 2 aromatic carbocycles. The van der Waals surface area contributed by atoms with E-state index in [0.29, 0.717) is 0 Å². The van der Waals surface area contributed by atoms with Crippen molar-refractivity contribution in [3.05, 3.63) is 59.7 Å². The summed E-state index contributed by atoms with van der Waals surface area (Å²) in [7, 11) is 1.70. The van der Waals surface area contributed by atoms with Crippen LogP contribution in [0, 0.1) is 6.92 Å². The first-order chi connectivity index (χ1) is 11.2. The Balaban J connectivity index is 1.67. The van der Waals surface area contributed by atoms with Gasteiger partial charge in [0.1, 0.15) is 0 Å². The molecule has 1 fully saturated rings. The first-order valence-corrected chi connectivity index (χ1v) is 8.03. The molecule has 4 heteroatoms. The molecule has 0 bridgehead atoms. The Morgan fingerprint density at radius 1 is 1.09 bits per heavy atom. The van der Waals surface area contributed by atoms with Crippen LogP contribution in [0.1, 0.15) is 15.9 Å². The van der Waals surface area contributed by atoms with Gasteiger partial charge in [0.25, 0.3) is 5.91 Å². The van der Waals surface area contributed by atoms with Crippen molar-refractivity contribution in [2.45, 2.75) is 6.92 Å². The van der Waals surface area contributed by atoms with Crippen LogP contribution in [0.25, 0.3) is 0 Å². The van der Waals surface area contributed by atoms with Gasteiger partial charge >= 0.3 is 0 Å². The first kappa shape index (κ1) is 15.6. The van der Waals surface area contributed by atoms with Gasteiger partial charge in [-0.2, -0.15) is 0 Å². The van der Waals surface area contributed by atoms with Crippen molar-refractivity contribution in [3.63, 3.8) is 0 Å². The number of hydrogen-bond donors (Lipinski definition) is 1. The number of hydrogen-bond acceptors (Lipinski definition) is 2. The maximum absolute atomic E-state index is 12.6. The van der Waals surface area contributed by atoms with Gasteiger partial charge in [-0.3, -0.25) is 9.69 Å². The minimum atomic E-state index is 0.132. The molecule has 1 heterocycles. The summed E-state index contributed by atoms with van der Waals surface area (Å²) in [4.78, 5) is 15.9. The molecule has 1 aliphatic rings. The molecule has 0 unspecified atom stereocenters. The lowest BCUT2D eigenvalue weighted by Crippen LogP contribution is -3.10. The summed E-state index contributed by atoms with van der Waals surface area (Å²) in [5.41, 5.74) is 3.08. The monoisotopic (exact) mass is 311 g/mol. The Labute approximate surface area is 137 Å². The number of carbonyl (C=O) groups is 1. The maximum Gasteiger partial charge on any atom is 0.254 e. The Hall–Kier alpha value is -2.33. The highest BCUT2D eigenvalue weighted by molar-refractivity contribution is 5.94. The molecule has 1 aliphatic heterocycles. The third-order valence-electron chi connectivity index (χ3n) is 4.41. The Kier molecular flexibility index (Phi) is 4.63. The Morgan fingerprint density at radius 3 is 2.52 bits per heavy atom. The molecule has 1 amide bonds. The molecule has 3 rings (SSSR count). The molecule has 0 radical (unpaired) electrons. The predicted molar refractivity (Wildman–Crippen MR) is 90.4 cm³/mol. The van der Waals surface area contributed by atoms with Crippen LogP contribution in [0.2, 0.25) is 0 Å². The highest BCUT2D eigenvalue weighted by Crippen LogP contribution is 2.19. The molecular weight excluding hydrogens is 288 g/mol. The van der Waals surface area contributed by atoms with Gasteiger partial charge in [0.2, 0.25) is 0 Å². The van der Waals surface area contributed by atoms with Gasteiger partial charge in [-0.1, -0.05) is 29.8 Å². The number of amides is 1. The normalized spacial score (nSPS) is 15.5. The van der Waals surface area contributed by atoms with E-state index in [1.54, 1.807) is 7.11 Å². The molecule has 23 heavy (non-hydrogen) atoms. The standard InChI is InChI=1S/C19H22N2O2/c1-15-6-5-7-16(14-15)19(22)21-12-10-20(11-13-21)17-8-3-4-9-18(17)23-2/h3-9,14H,10-13H2,1-2H3/p+1. The van der Waals surface area contributed by atoms with E-state index in [0.717, 1.165) is 43.1 Å². The third kappa shape index (κ3) is 3.37. The van der Waals surface area contributed by atoms with Gasteiger partial charge in [-0.05, 0) is 25.1 Å². The Bertz CT molecular complexity index is 691. The second kappa shape index (κ2) is 6.84. The number of para-hydroxylation sites is 2. The molecular formula is C19H23N2O2+. The molecule has 1 N–H and O–H groups in total. The lowest BCUT2D eigenvalue weighted by Gasteiger charge is -2.32. The molecule has 0 saturated carbocycles. The molecule has 0 aromatic heterocycles. The fraction of sp³-hybridized carbons (Fsp3) is 0.316. The lowest BCUT2D eigenvalue weighted by atomic mass is 10.1. The quantitative estimate of drug-likeness (QED) is 0.936. The van der Waals surface area contributed by atoms with Gasteiger partial charge in [0.15, 0.2) is 11.4 Å².